The highest BCUT2D eigenvalue weighted by atomic mass is 16.2. The van der Waals surface area contributed by atoms with Crippen molar-refractivity contribution < 1.29 is 14.4 Å². The van der Waals surface area contributed by atoms with E-state index in [1.807, 2.05) is 30.3 Å². The number of hydrogen-bond donors (Lipinski definition) is 4. The zero-order chi connectivity index (χ0) is 16.9. The van der Waals surface area contributed by atoms with Gasteiger partial charge in [-0.25, -0.2) is 9.78 Å². The van der Waals surface area contributed by atoms with Gasteiger partial charge in [-0.2, -0.15) is 5.10 Å². The van der Waals surface area contributed by atoms with Gasteiger partial charge in [0.2, 0.25) is 5.91 Å². The van der Waals surface area contributed by atoms with Crippen molar-refractivity contribution in [2.45, 2.75) is 18.9 Å². The summed E-state index contributed by atoms with van der Waals surface area (Å²) in [6, 6.07) is 8.17. The number of carbonyl (C=O) groups excluding carboxylic acids is 3. The van der Waals surface area contributed by atoms with Crippen LogP contribution in [0.15, 0.2) is 30.3 Å². The molecule has 0 unspecified atom stereocenters. The zero-order valence-corrected chi connectivity index (χ0v) is 12.7. The van der Waals surface area contributed by atoms with Gasteiger partial charge in [-0.15, -0.1) is 0 Å². The van der Waals surface area contributed by atoms with E-state index < -0.39 is 18.0 Å². The third-order valence-electron chi connectivity index (χ3n) is 3.50. The van der Waals surface area contributed by atoms with Crippen LogP contribution in [0.4, 0.5) is 4.79 Å². The van der Waals surface area contributed by atoms with Gasteiger partial charge in [0, 0.05) is 18.5 Å². The monoisotopic (exact) mass is 328 g/mol. The first-order valence-electron chi connectivity index (χ1n) is 7.46. The minimum Gasteiger partial charge on any atom is -0.356 e. The smallest absolute Gasteiger partial charge is 0.322 e. The molecule has 0 bridgehead atoms. The van der Waals surface area contributed by atoms with Gasteiger partial charge < -0.3 is 10.6 Å². The Balaban J connectivity index is 1.45. The topological polar surface area (TPSA) is 129 Å². The molecule has 0 saturated carbocycles. The first-order chi connectivity index (χ1) is 11.6. The summed E-state index contributed by atoms with van der Waals surface area (Å²) in [6.07, 6.45) is 0.387. The van der Waals surface area contributed by atoms with Crippen molar-refractivity contribution in [3.63, 3.8) is 0 Å². The number of carbonyl (C=O) groups is 3. The molecule has 4 amide bonds. The first kappa shape index (κ1) is 15.7. The zero-order valence-electron chi connectivity index (χ0n) is 12.7. The standard InChI is InChI=1S/C15H16N6O3/c22-12(8-10-14(23)19-15(24)17-10)16-7-6-11-18-13(21-20-11)9-4-2-1-3-5-9/h1-5,10H,6-8H2,(H,16,22)(H,18,20,21)(H2,17,19,23,24)/t10-/m0/s1. The van der Waals surface area contributed by atoms with Gasteiger partial charge >= 0.3 is 6.03 Å². The fourth-order valence-corrected chi connectivity index (χ4v) is 2.30. The van der Waals surface area contributed by atoms with Crippen LogP contribution in [0, 0.1) is 0 Å². The molecular weight excluding hydrogens is 312 g/mol. The van der Waals surface area contributed by atoms with E-state index in [2.05, 4.69) is 31.1 Å². The number of urea groups is 1. The Bertz CT molecular complexity index is 758. The van der Waals surface area contributed by atoms with Gasteiger partial charge in [-0.05, 0) is 0 Å². The Morgan fingerprint density at radius 2 is 2.00 bits per heavy atom. The third kappa shape index (κ3) is 3.75. The largest absolute Gasteiger partial charge is 0.356 e. The molecule has 9 heteroatoms. The lowest BCUT2D eigenvalue weighted by atomic mass is 10.2. The van der Waals surface area contributed by atoms with Crippen LogP contribution < -0.4 is 16.0 Å². The van der Waals surface area contributed by atoms with Crippen molar-refractivity contribution in [1.82, 2.24) is 31.1 Å². The molecule has 1 aromatic carbocycles. The number of imide groups is 1. The lowest BCUT2D eigenvalue weighted by Crippen LogP contribution is -2.36. The minimum atomic E-state index is -0.813. The van der Waals surface area contributed by atoms with Crippen LogP contribution in [-0.4, -0.2) is 45.6 Å². The molecule has 1 saturated heterocycles. The second kappa shape index (κ2) is 6.90. The van der Waals surface area contributed by atoms with Crippen LogP contribution in [0.3, 0.4) is 0 Å². The minimum absolute atomic E-state index is 0.0940. The number of rotatable bonds is 6. The summed E-state index contributed by atoms with van der Waals surface area (Å²) in [5, 5.41) is 14.1. The molecule has 1 atom stereocenters. The Morgan fingerprint density at radius 3 is 2.71 bits per heavy atom. The number of benzene rings is 1. The molecule has 1 aromatic heterocycles. The quantitative estimate of drug-likeness (QED) is 0.543. The van der Waals surface area contributed by atoms with Crippen LogP contribution >= 0.6 is 0 Å². The normalized spacial score (nSPS) is 16.6. The summed E-state index contributed by atoms with van der Waals surface area (Å²) in [7, 11) is 0. The van der Waals surface area contributed by atoms with Gasteiger partial charge in [-0.3, -0.25) is 20.0 Å². The molecule has 3 rings (SSSR count). The Morgan fingerprint density at radius 1 is 1.21 bits per heavy atom. The Hall–Kier alpha value is -3.23. The fraction of sp³-hybridized carbons (Fsp3) is 0.267. The SMILES string of the molecule is O=C(C[C@@H]1NC(=O)NC1=O)NCCc1nc(-c2ccccc2)n[nH]1. The second-order valence-electron chi connectivity index (χ2n) is 5.29. The molecule has 24 heavy (non-hydrogen) atoms. The molecule has 4 N–H and O–H groups in total. The summed E-state index contributed by atoms with van der Waals surface area (Å²) >= 11 is 0. The molecule has 0 radical (unpaired) electrons. The van der Waals surface area contributed by atoms with Crippen molar-refractivity contribution >= 4 is 17.8 Å². The van der Waals surface area contributed by atoms with Crippen molar-refractivity contribution in [1.29, 1.82) is 0 Å². The molecule has 1 fully saturated rings. The number of nitrogens with one attached hydrogen (secondary N) is 4. The van der Waals surface area contributed by atoms with Crippen LogP contribution in [0.25, 0.3) is 11.4 Å². The highest BCUT2D eigenvalue weighted by Crippen LogP contribution is 2.13. The summed E-state index contributed by atoms with van der Waals surface area (Å²) in [6.45, 7) is 0.352. The highest BCUT2D eigenvalue weighted by Gasteiger charge is 2.31. The molecular formula is C15H16N6O3. The number of hydrogen-bond acceptors (Lipinski definition) is 5. The average molecular weight is 328 g/mol. The highest BCUT2D eigenvalue weighted by molar-refractivity contribution is 6.05. The molecule has 0 aliphatic carbocycles. The first-order valence-corrected chi connectivity index (χ1v) is 7.46. The number of nitrogens with zero attached hydrogens (tertiary/aromatic N) is 2. The van der Waals surface area contributed by atoms with E-state index in [0.717, 1.165) is 5.56 Å². The number of aromatic amines is 1. The van der Waals surface area contributed by atoms with E-state index in [1.165, 1.54) is 0 Å². The van der Waals surface area contributed by atoms with Crippen molar-refractivity contribution in [3.8, 4) is 11.4 Å². The molecule has 124 valence electrons. The van der Waals surface area contributed by atoms with Crippen molar-refractivity contribution in [3.05, 3.63) is 36.2 Å². The van der Waals surface area contributed by atoms with E-state index in [1.54, 1.807) is 0 Å². The van der Waals surface area contributed by atoms with E-state index in [0.29, 0.717) is 24.6 Å². The Kier molecular flexibility index (Phi) is 4.50. The van der Waals surface area contributed by atoms with E-state index in [4.69, 9.17) is 0 Å². The van der Waals surface area contributed by atoms with Crippen LogP contribution in [0.2, 0.25) is 0 Å². The van der Waals surface area contributed by atoms with E-state index >= 15 is 0 Å². The molecule has 2 heterocycles. The number of H-pyrrole nitrogens is 1. The van der Waals surface area contributed by atoms with Gasteiger partial charge in [0.1, 0.15) is 11.9 Å². The van der Waals surface area contributed by atoms with Gasteiger partial charge in [0.25, 0.3) is 5.91 Å². The maximum atomic E-state index is 11.8. The van der Waals surface area contributed by atoms with Crippen molar-refractivity contribution in [2.24, 2.45) is 0 Å². The summed E-state index contributed by atoms with van der Waals surface area (Å²) in [5.41, 5.74) is 0.909. The maximum Gasteiger partial charge on any atom is 0.322 e. The molecule has 9 nitrogen and oxygen atoms in total. The predicted molar refractivity (Wildman–Crippen MR) is 83.6 cm³/mol. The molecule has 2 aromatic rings. The van der Waals surface area contributed by atoms with Gasteiger partial charge in [-0.1, -0.05) is 30.3 Å². The summed E-state index contributed by atoms with van der Waals surface area (Å²) in [5.74, 6) is 0.446. The lowest BCUT2D eigenvalue weighted by molar-refractivity contribution is -0.126. The third-order valence-corrected chi connectivity index (χ3v) is 3.50. The maximum absolute atomic E-state index is 11.8. The number of amides is 4. The van der Waals surface area contributed by atoms with Gasteiger partial charge in [0.15, 0.2) is 5.82 Å². The second-order valence-corrected chi connectivity index (χ2v) is 5.29. The molecule has 1 aliphatic rings. The number of aromatic nitrogens is 3. The van der Waals surface area contributed by atoms with Crippen LogP contribution in [-0.2, 0) is 16.0 Å². The fourth-order valence-electron chi connectivity index (χ4n) is 2.30. The molecule has 1 aliphatic heterocycles. The Labute approximate surface area is 137 Å². The van der Waals surface area contributed by atoms with Crippen molar-refractivity contribution in [2.75, 3.05) is 6.54 Å². The molecule has 0 spiro atoms. The predicted octanol–water partition coefficient (Wildman–Crippen LogP) is -0.271. The van der Waals surface area contributed by atoms with Crippen LogP contribution in [0.5, 0.6) is 0 Å². The van der Waals surface area contributed by atoms with Crippen LogP contribution in [0.1, 0.15) is 12.2 Å². The summed E-state index contributed by atoms with van der Waals surface area (Å²) < 4.78 is 0. The summed E-state index contributed by atoms with van der Waals surface area (Å²) in [4.78, 5) is 38.5. The average Bonchev–Trinajstić information content (AvgIpc) is 3.15. The van der Waals surface area contributed by atoms with E-state index in [9.17, 15) is 14.4 Å². The van der Waals surface area contributed by atoms with Gasteiger partial charge in [0.05, 0.1) is 6.42 Å². The lowest BCUT2D eigenvalue weighted by Gasteiger charge is -2.07. The van der Waals surface area contributed by atoms with E-state index in [-0.39, 0.29) is 12.3 Å².